The van der Waals surface area contributed by atoms with Crippen molar-refractivity contribution in [3.63, 3.8) is 0 Å². The maximum absolute atomic E-state index is 5.66. The van der Waals surface area contributed by atoms with Gasteiger partial charge in [0, 0.05) is 24.7 Å². The number of hydrogen-bond acceptors (Lipinski definition) is 2. The summed E-state index contributed by atoms with van der Waals surface area (Å²) in [7, 11) is 0. The van der Waals surface area contributed by atoms with Crippen LogP contribution in [0.3, 0.4) is 0 Å². The molecule has 1 aromatic carbocycles. The second kappa shape index (κ2) is 5.37. The van der Waals surface area contributed by atoms with Crippen LogP contribution in [-0.4, -0.2) is 22.5 Å². The molecule has 1 aliphatic heterocycles. The molecule has 0 amide bonds. The predicted octanol–water partition coefficient (Wildman–Crippen LogP) is 2.86. The zero-order chi connectivity index (χ0) is 13.3. The van der Waals surface area contributed by atoms with Crippen molar-refractivity contribution in [2.45, 2.75) is 39.8 Å². The Balaban J connectivity index is 2.12. The standard InChI is InChI=1S/C15H22N2S/c1-10-6-12(3)17(8-10)9-14-5-4-13(15(16)18)7-11(14)2/h4-5,7,10,12H,6,8-9H2,1-3H3,(H2,16,18). The second-order valence-corrected chi connectivity index (χ2v) is 6.06. The fourth-order valence-electron chi connectivity index (χ4n) is 2.85. The van der Waals surface area contributed by atoms with Gasteiger partial charge in [-0.05, 0) is 43.4 Å². The van der Waals surface area contributed by atoms with E-state index in [1.54, 1.807) is 0 Å². The van der Waals surface area contributed by atoms with Gasteiger partial charge in [0.2, 0.25) is 0 Å². The lowest BCUT2D eigenvalue weighted by molar-refractivity contribution is 0.256. The maximum atomic E-state index is 5.66. The molecule has 1 aliphatic rings. The SMILES string of the molecule is Cc1cc(C(N)=S)ccc1CN1CC(C)CC1C. The Bertz CT molecular complexity index is 456. The molecule has 0 bridgehead atoms. The van der Waals surface area contributed by atoms with E-state index in [2.05, 4.69) is 37.8 Å². The first kappa shape index (κ1) is 13.5. The van der Waals surface area contributed by atoms with E-state index < -0.39 is 0 Å². The molecule has 2 N–H and O–H groups in total. The van der Waals surface area contributed by atoms with E-state index in [4.69, 9.17) is 18.0 Å². The summed E-state index contributed by atoms with van der Waals surface area (Å²) in [6, 6.07) is 6.99. The molecule has 3 heteroatoms. The largest absolute Gasteiger partial charge is 0.389 e. The van der Waals surface area contributed by atoms with Crippen LogP contribution in [0.1, 0.15) is 37.0 Å². The summed E-state index contributed by atoms with van der Waals surface area (Å²) in [6.45, 7) is 9.04. The summed E-state index contributed by atoms with van der Waals surface area (Å²) in [5.41, 5.74) is 9.29. The van der Waals surface area contributed by atoms with Crippen molar-refractivity contribution in [3.8, 4) is 0 Å². The predicted molar refractivity (Wildman–Crippen MR) is 80.7 cm³/mol. The molecule has 0 aliphatic carbocycles. The number of nitrogens with zero attached hydrogens (tertiary/aromatic N) is 1. The van der Waals surface area contributed by atoms with Crippen LogP contribution in [0, 0.1) is 12.8 Å². The van der Waals surface area contributed by atoms with Crippen molar-refractivity contribution in [1.82, 2.24) is 4.90 Å². The monoisotopic (exact) mass is 262 g/mol. The van der Waals surface area contributed by atoms with Crippen molar-refractivity contribution in [2.24, 2.45) is 11.7 Å². The van der Waals surface area contributed by atoms with Crippen molar-refractivity contribution < 1.29 is 0 Å². The fraction of sp³-hybridized carbons (Fsp3) is 0.533. The van der Waals surface area contributed by atoms with Crippen LogP contribution in [0.15, 0.2) is 18.2 Å². The highest BCUT2D eigenvalue weighted by Gasteiger charge is 2.26. The Kier molecular flexibility index (Phi) is 4.03. The van der Waals surface area contributed by atoms with E-state index >= 15 is 0 Å². The van der Waals surface area contributed by atoms with Crippen LogP contribution >= 0.6 is 12.2 Å². The summed E-state index contributed by atoms with van der Waals surface area (Å²) >= 11 is 5.01. The number of rotatable bonds is 3. The van der Waals surface area contributed by atoms with Crippen LogP contribution in [0.25, 0.3) is 0 Å². The van der Waals surface area contributed by atoms with Gasteiger partial charge in [-0.15, -0.1) is 0 Å². The molecule has 18 heavy (non-hydrogen) atoms. The third-order valence-corrected chi connectivity index (χ3v) is 4.15. The molecule has 0 aromatic heterocycles. The van der Waals surface area contributed by atoms with Gasteiger partial charge in [-0.3, -0.25) is 4.90 Å². The second-order valence-electron chi connectivity index (χ2n) is 5.62. The minimum absolute atomic E-state index is 0.479. The number of aryl methyl sites for hydroxylation is 1. The van der Waals surface area contributed by atoms with Crippen molar-refractivity contribution in [2.75, 3.05) is 6.54 Å². The van der Waals surface area contributed by atoms with E-state index in [-0.39, 0.29) is 0 Å². The number of nitrogens with two attached hydrogens (primary N) is 1. The molecule has 1 heterocycles. The molecule has 98 valence electrons. The maximum Gasteiger partial charge on any atom is 0.103 e. The number of benzene rings is 1. The van der Waals surface area contributed by atoms with Gasteiger partial charge in [0.1, 0.15) is 4.99 Å². The van der Waals surface area contributed by atoms with Crippen LogP contribution in [0.4, 0.5) is 0 Å². The average molecular weight is 262 g/mol. The smallest absolute Gasteiger partial charge is 0.103 e. The fourth-order valence-corrected chi connectivity index (χ4v) is 2.98. The third kappa shape index (κ3) is 2.90. The van der Waals surface area contributed by atoms with E-state index in [1.165, 1.54) is 24.1 Å². The molecular formula is C15H22N2S. The zero-order valence-corrected chi connectivity index (χ0v) is 12.3. The lowest BCUT2D eigenvalue weighted by Crippen LogP contribution is -2.27. The number of thiocarbonyl (C=S) groups is 1. The number of likely N-dealkylation sites (tertiary alicyclic amines) is 1. The van der Waals surface area contributed by atoms with E-state index in [9.17, 15) is 0 Å². The van der Waals surface area contributed by atoms with Gasteiger partial charge in [-0.1, -0.05) is 31.3 Å². The minimum Gasteiger partial charge on any atom is -0.389 e. The van der Waals surface area contributed by atoms with Crippen LogP contribution in [-0.2, 0) is 6.54 Å². The lowest BCUT2D eigenvalue weighted by atomic mass is 10.0. The molecule has 0 saturated carbocycles. The van der Waals surface area contributed by atoms with Crippen LogP contribution in [0.2, 0.25) is 0 Å². The van der Waals surface area contributed by atoms with E-state index in [0.717, 1.165) is 18.0 Å². The third-order valence-electron chi connectivity index (χ3n) is 3.91. The Labute approximate surface area is 115 Å². The molecule has 0 spiro atoms. The van der Waals surface area contributed by atoms with Gasteiger partial charge >= 0.3 is 0 Å². The highest BCUT2D eigenvalue weighted by atomic mass is 32.1. The van der Waals surface area contributed by atoms with Gasteiger partial charge < -0.3 is 5.73 Å². The lowest BCUT2D eigenvalue weighted by Gasteiger charge is -2.22. The average Bonchev–Trinajstić information content (AvgIpc) is 2.60. The minimum atomic E-state index is 0.479. The van der Waals surface area contributed by atoms with Crippen LogP contribution < -0.4 is 5.73 Å². The first-order valence-electron chi connectivity index (χ1n) is 6.60. The molecule has 1 fully saturated rings. The Morgan fingerprint density at radius 2 is 2.17 bits per heavy atom. The normalized spacial score (nSPS) is 24.4. The summed E-state index contributed by atoms with van der Waals surface area (Å²) < 4.78 is 0. The molecule has 2 unspecified atom stereocenters. The number of hydrogen-bond donors (Lipinski definition) is 1. The van der Waals surface area contributed by atoms with Gasteiger partial charge in [-0.25, -0.2) is 0 Å². The Hall–Kier alpha value is -0.930. The first-order valence-corrected chi connectivity index (χ1v) is 7.01. The van der Waals surface area contributed by atoms with Gasteiger partial charge in [-0.2, -0.15) is 0 Å². The molecule has 1 saturated heterocycles. The molecule has 2 nitrogen and oxygen atoms in total. The highest BCUT2D eigenvalue weighted by molar-refractivity contribution is 7.80. The van der Waals surface area contributed by atoms with E-state index in [0.29, 0.717) is 11.0 Å². The summed E-state index contributed by atoms with van der Waals surface area (Å²) in [5.74, 6) is 0.816. The first-order chi connectivity index (χ1) is 8.47. The highest BCUT2D eigenvalue weighted by Crippen LogP contribution is 2.25. The summed E-state index contributed by atoms with van der Waals surface area (Å²) in [6.07, 6.45) is 1.31. The van der Waals surface area contributed by atoms with Gasteiger partial charge in [0.05, 0.1) is 0 Å². The quantitative estimate of drug-likeness (QED) is 0.849. The van der Waals surface area contributed by atoms with E-state index in [1.807, 2.05) is 6.07 Å². The molecule has 2 atom stereocenters. The van der Waals surface area contributed by atoms with Crippen molar-refractivity contribution >= 4 is 17.2 Å². The summed E-state index contributed by atoms with van der Waals surface area (Å²) in [5, 5.41) is 0. The molecule has 2 rings (SSSR count). The van der Waals surface area contributed by atoms with Gasteiger partial charge in [0.25, 0.3) is 0 Å². The zero-order valence-electron chi connectivity index (χ0n) is 11.4. The molecule has 1 aromatic rings. The van der Waals surface area contributed by atoms with Gasteiger partial charge in [0.15, 0.2) is 0 Å². The van der Waals surface area contributed by atoms with Crippen molar-refractivity contribution in [1.29, 1.82) is 0 Å². The van der Waals surface area contributed by atoms with Crippen molar-refractivity contribution in [3.05, 3.63) is 34.9 Å². The Morgan fingerprint density at radius 3 is 2.67 bits per heavy atom. The molecular weight excluding hydrogens is 240 g/mol. The van der Waals surface area contributed by atoms with Crippen LogP contribution in [0.5, 0.6) is 0 Å². The summed E-state index contributed by atoms with van der Waals surface area (Å²) in [4.78, 5) is 3.04. The molecule has 0 radical (unpaired) electrons. The topological polar surface area (TPSA) is 29.3 Å². The Morgan fingerprint density at radius 1 is 1.44 bits per heavy atom.